The fourth-order valence-corrected chi connectivity index (χ4v) is 1.74. The average Bonchev–Trinajstić information content (AvgIpc) is 2.77. The predicted molar refractivity (Wildman–Crippen MR) is 59.1 cm³/mol. The van der Waals surface area contributed by atoms with Crippen LogP contribution in [0.3, 0.4) is 0 Å². The third kappa shape index (κ3) is 4.00. The summed E-state index contributed by atoms with van der Waals surface area (Å²) in [4.78, 5) is 22.2. The van der Waals surface area contributed by atoms with Crippen molar-refractivity contribution >= 4 is 23.2 Å². The smallest absolute Gasteiger partial charge is 0.336 e. The molecule has 1 amide bonds. The first-order valence-corrected chi connectivity index (χ1v) is 5.61. The molecule has 0 aliphatic carbocycles. The summed E-state index contributed by atoms with van der Waals surface area (Å²) in [5.41, 5.74) is 0.912. The number of hydrogen-bond acceptors (Lipinski definition) is 5. The van der Waals surface area contributed by atoms with Crippen molar-refractivity contribution in [2.75, 3.05) is 13.7 Å². The fourth-order valence-electron chi connectivity index (χ4n) is 1.07. The number of esters is 1. The molecule has 1 aromatic rings. The fraction of sp³-hybridized carbons (Fsp3) is 0.400. The zero-order valence-electron chi connectivity index (χ0n) is 8.80. The minimum Gasteiger partial charge on any atom is -0.467 e. The van der Waals surface area contributed by atoms with E-state index in [1.165, 1.54) is 18.4 Å². The third-order valence-corrected chi connectivity index (χ3v) is 2.64. The molecular formula is C10H13NO4S. The van der Waals surface area contributed by atoms with E-state index in [1.54, 1.807) is 0 Å². The summed E-state index contributed by atoms with van der Waals surface area (Å²) in [5, 5.41) is 15.4. The van der Waals surface area contributed by atoms with E-state index in [1.807, 2.05) is 16.8 Å². The van der Waals surface area contributed by atoms with Crippen LogP contribution in [0.5, 0.6) is 0 Å². The monoisotopic (exact) mass is 243 g/mol. The molecule has 1 unspecified atom stereocenters. The minimum absolute atomic E-state index is 0.129. The number of nitrogens with one attached hydrogen (secondary N) is 1. The highest BCUT2D eigenvalue weighted by molar-refractivity contribution is 7.07. The maximum Gasteiger partial charge on any atom is 0.336 e. The first-order valence-electron chi connectivity index (χ1n) is 4.67. The highest BCUT2D eigenvalue weighted by atomic mass is 32.1. The number of ether oxygens (including phenoxy) is 1. The molecule has 2 N–H and O–H groups in total. The molecule has 0 spiro atoms. The van der Waals surface area contributed by atoms with Gasteiger partial charge in [-0.1, -0.05) is 0 Å². The van der Waals surface area contributed by atoms with Crippen LogP contribution in [0.2, 0.25) is 0 Å². The summed E-state index contributed by atoms with van der Waals surface area (Å²) in [6, 6.07) is 1.85. The van der Waals surface area contributed by atoms with Crippen LogP contribution in [0.1, 0.15) is 5.56 Å². The van der Waals surface area contributed by atoms with Crippen LogP contribution in [-0.2, 0) is 20.7 Å². The molecule has 0 aliphatic heterocycles. The summed E-state index contributed by atoms with van der Waals surface area (Å²) < 4.78 is 4.31. The second kappa shape index (κ2) is 6.24. The molecule has 5 nitrogen and oxygen atoms in total. The highest BCUT2D eigenvalue weighted by Crippen LogP contribution is 2.06. The van der Waals surface area contributed by atoms with Crippen LogP contribution in [0.25, 0.3) is 0 Å². The van der Waals surface area contributed by atoms with Gasteiger partial charge >= 0.3 is 5.97 Å². The van der Waals surface area contributed by atoms with Gasteiger partial charge in [-0.3, -0.25) is 4.79 Å². The van der Waals surface area contributed by atoms with Crippen molar-refractivity contribution in [3.05, 3.63) is 22.4 Å². The van der Waals surface area contributed by atoms with Gasteiger partial charge in [-0.15, -0.1) is 0 Å². The summed E-state index contributed by atoms with van der Waals surface area (Å²) in [5.74, 6) is -0.989. The van der Waals surface area contributed by atoms with E-state index >= 15 is 0 Å². The molecule has 1 rings (SSSR count). The Morgan fingerprint density at radius 1 is 1.62 bits per heavy atom. The van der Waals surface area contributed by atoms with Gasteiger partial charge in [0, 0.05) is 0 Å². The Labute approximate surface area is 97.0 Å². The number of thiophene rings is 1. The third-order valence-electron chi connectivity index (χ3n) is 1.91. The van der Waals surface area contributed by atoms with E-state index in [4.69, 9.17) is 0 Å². The zero-order chi connectivity index (χ0) is 12.0. The van der Waals surface area contributed by atoms with Crippen LogP contribution < -0.4 is 5.32 Å². The van der Waals surface area contributed by atoms with Gasteiger partial charge in [0.15, 0.2) is 6.10 Å². The quantitative estimate of drug-likeness (QED) is 0.710. The molecule has 0 aromatic carbocycles. The topological polar surface area (TPSA) is 75.6 Å². The summed E-state index contributed by atoms with van der Waals surface area (Å²) in [7, 11) is 1.18. The van der Waals surface area contributed by atoms with Crippen LogP contribution in [0.15, 0.2) is 16.8 Å². The lowest BCUT2D eigenvalue weighted by Crippen LogP contribution is -2.37. The first-order chi connectivity index (χ1) is 7.63. The van der Waals surface area contributed by atoms with Crippen LogP contribution in [0.4, 0.5) is 0 Å². The molecule has 0 radical (unpaired) electrons. The maximum atomic E-state index is 11.4. The van der Waals surface area contributed by atoms with E-state index in [9.17, 15) is 14.7 Å². The first kappa shape index (κ1) is 12.7. The molecular weight excluding hydrogens is 230 g/mol. The summed E-state index contributed by atoms with van der Waals surface area (Å²) >= 11 is 1.51. The van der Waals surface area contributed by atoms with Crippen molar-refractivity contribution in [1.82, 2.24) is 5.32 Å². The van der Waals surface area contributed by atoms with Gasteiger partial charge in [0.2, 0.25) is 5.91 Å². The second-order valence-electron chi connectivity index (χ2n) is 3.15. The van der Waals surface area contributed by atoms with E-state index in [2.05, 4.69) is 10.1 Å². The van der Waals surface area contributed by atoms with Crippen LogP contribution in [0, 0.1) is 0 Å². The minimum atomic E-state index is -1.31. The van der Waals surface area contributed by atoms with Crippen LogP contribution >= 0.6 is 11.3 Å². The number of amides is 1. The largest absolute Gasteiger partial charge is 0.467 e. The number of hydrogen-bond donors (Lipinski definition) is 2. The Morgan fingerprint density at radius 2 is 2.38 bits per heavy atom. The highest BCUT2D eigenvalue weighted by Gasteiger charge is 2.16. The number of methoxy groups -OCH3 is 1. The summed E-state index contributed by atoms with van der Waals surface area (Å²) in [6.45, 7) is -0.129. The molecule has 0 bridgehead atoms. The van der Waals surface area contributed by atoms with Crippen molar-refractivity contribution in [2.24, 2.45) is 0 Å². The van der Waals surface area contributed by atoms with Gasteiger partial charge in [0.25, 0.3) is 0 Å². The lowest BCUT2D eigenvalue weighted by Gasteiger charge is -2.09. The van der Waals surface area contributed by atoms with Crippen molar-refractivity contribution in [3.63, 3.8) is 0 Å². The van der Waals surface area contributed by atoms with Gasteiger partial charge in [0.1, 0.15) is 0 Å². The number of aliphatic hydroxyl groups excluding tert-OH is 1. The molecule has 1 aromatic heterocycles. The zero-order valence-corrected chi connectivity index (χ0v) is 9.62. The molecule has 0 saturated carbocycles. The Kier molecular flexibility index (Phi) is 4.94. The summed E-state index contributed by atoms with van der Waals surface area (Å²) in [6.07, 6.45) is -1.06. The van der Waals surface area contributed by atoms with Crippen LogP contribution in [-0.4, -0.2) is 36.7 Å². The molecule has 6 heteroatoms. The lowest BCUT2D eigenvalue weighted by atomic mass is 10.2. The molecule has 1 heterocycles. The molecule has 0 fully saturated rings. The van der Waals surface area contributed by atoms with E-state index < -0.39 is 12.1 Å². The SMILES string of the molecule is COC(=O)C(O)CNC(=O)Cc1ccsc1. The molecule has 16 heavy (non-hydrogen) atoms. The van der Waals surface area contributed by atoms with Gasteiger partial charge in [-0.2, -0.15) is 11.3 Å². The number of carbonyl (C=O) groups is 2. The van der Waals surface area contributed by atoms with Crippen molar-refractivity contribution in [3.8, 4) is 0 Å². The molecule has 1 atom stereocenters. The Balaban J connectivity index is 2.28. The number of aliphatic hydroxyl groups is 1. The Bertz CT molecular complexity index is 350. The lowest BCUT2D eigenvalue weighted by molar-refractivity contribution is -0.150. The Hall–Kier alpha value is -1.40. The molecule has 0 saturated heterocycles. The van der Waals surface area contributed by atoms with Crippen molar-refractivity contribution in [2.45, 2.75) is 12.5 Å². The molecule has 0 aliphatic rings. The molecule has 88 valence electrons. The van der Waals surface area contributed by atoms with E-state index in [0.717, 1.165) is 5.56 Å². The predicted octanol–water partition coefficient (Wildman–Crippen LogP) is -0.0593. The standard InChI is InChI=1S/C10H13NO4S/c1-15-10(14)8(12)5-11-9(13)4-7-2-3-16-6-7/h2-3,6,8,12H,4-5H2,1H3,(H,11,13). The number of carbonyl (C=O) groups excluding carboxylic acids is 2. The second-order valence-corrected chi connectivity index (χ2v) is 3.93. The van der Waals surface area contributed by atoms with Gasteiger partial charge in [-0.05, 0) is 22.4 Å². The van der Waals surface area contributed by atoms with Gasteiger partial charge < -0.3 is 15.2 Å². The van der Waals surface area contributed by atoms with Gasteiger partial charge in [-0.25, -0.2) is 4.79 Å². The van der Waals surface area contributed by atoms with Crippen molar-refractivity contribution < 1.29 is 19.4 Å². The maximum absolute atomic E-state index is 11.4. The van der Waals surface area contributed by atoms with E-state index in [-0.39, 0.29) is 18.9 Å². The Morgan fingerprint density at radius 3 is 2.94 bits per heavy atom. The van der Waals surface area contributed by atoms with Gasteiger partial charge in [0.05, 0.1) is 20.1 Å². The normalized spacial score (nSPS) is 11.9. The average molecular weight is 243 g/mol. The van der Waals surface area contributed by atoms with Crippen molar-refractivity contribution in [1.29, 1.82) is 0 Å². The van der Waals surface area contributed by atoms with E-state index in [0.29, 0.717) is 0 Å². The number of rotatable bonds is 5.